The van der Waals surface area contributed by atoms with Crippen LogP contribution in [0.1, 0.15) is 17.3 Å². The second-order valence-corrected chi connectivity index (χ2v) is 5.34. The van der Waals surface area contributed by atoms with Crippen molar-refractivity contribution < 1.29 is 14.1 Å². The van der Waals surface area contributed by atoms with Crippen LogP contribution in [-0.4, -0.2) is 33.3 Å². The largest absolute Gasteiger partial charge is 0.507 e. The van der Waals surface area contributed by atoms with Crippen LogP contribution in [0, 0.1) is 0 Å². The van der Waals surface area contributed by atoms with Gasteiger partial charge in [-0.15, -0.1) is 0 Å². The van der Waals surface area contributed by atoms with E-state index in [1.165, 1.54) is 12.1 Å². The van der Waals surface area contributed by atoms with Crippen molar-refractivity contribution in [3.63, 3.8) is 0 Å². The quantitative estimate of drug-likeness (QED) is 0.822. The van der Waals surface area contributed by atoms with Crippen LogP contribution < -0.4 is 5.32 Å². The SMILES string of the molecule is CC(CNC(=O)c1ccccc1O)S(C)=O. The molecule has 0 bridgehead atoms. The predicted molar refractivity (Wildman–Crippen MR) is 64.0 cm³/mol. The van der Waals surface area contributed by atoms with Crippen molar-refractivity contribution in [1.29, 1.82) is 0 Å². The minimum absolute atomic E-state index is 0.0507. The molecular formula is C11H15NO3S. The molecule has 1 amide bonds. The first-order valence-electron chi connectivity index (χ1n) is 4.90. The van der Waals surface area contributed by atoms with E-state index in [2.05, 4.69) is 5.32 Å². The molecule has 0 aliphatic carbocycles. The van der Waals surface area contributed by atoms with Gasteiger partial charge in [-0.2, -0.15) is 0 Å². The summed E-state index contributed by atoms with van der Waals surface area (Å²) in [6.45, 7) is 2.12. The number of benzene rings is 1. The molecule has 0 radical (unpaired) electrons. The van der Waals surface area contributed by atoms with E-state index in [-0.39, 0.29) is 22.5 Å². The maximum atomic E-state index is 11.6. The first-order valence-corrected chi connectivity index (χ1v) is 6.53. The highest BCUT2D eigenvalue weighted by molar-refractivity contribution is 7.84. The normalized spacial score (nSPS) is 14.1. The summed E-state index contributed by atoms with van der Waals surface area (Å²) in [6.07, 6.45) is 1.59. The van der Waals surface area contributed by atoms with Gasteiger partial charge in [0.1, 0.15) is 5.75 Å². The van der Waals surface area contributed by atoms with Crippen LogP contribution in [0.5, 0.6) is 5.75 Å². The van der Waals surface area contributed by atoms with Crippen LogP contribution in [0.3, 0.4) is 0 Å². The van der Waals surface area contributed by atoms with Gasteiger partial charge in [0.25, 0.3) is 5.91 Å². The molecule has 88 valence electrons. The lowest BCUT2D eigenvalue weighted by Gasteiger charge is -2.10. The maximum Gasteiger partial charge on any atom is 0.255 e. The van der Waals surface area contributed by atoms with E-state index in [4.69, 9.17) is 0 Å². The second kappa shape index (κ2) is 5.65. The van der Waals surface area contributed by atoms with E-state index in [1.807, 2.05) is 0 Å². The number of para-hydroxylation sites is 1. The van der Waals surface area contributed by atoms with Crippen LogP contribution in [-0.2, 0) is 10.8 Å². The van der Waals surface area contributed by atoms with Gasteiger partial charge >= 0.3 is 0 Å². The second-order valence-electron chi connectivity index (χ2n) is 3.54. The molecule has 0 aliphatic rings. The molecular weight excluding hydrogens is 226 g/mol. The molecule has 0 saturated heterocycles. The summed E-state index contributed by atoms with van der Waals surface area (Å²) in [5, 5.41) is 12.0. The molecule has 1 rings (SSSR count). The fourth-order valence-corrected chi connectivity index (χ4v) is 1.43. The number of rotatable bonds is 4. The number of nitrogens with one attached hydrogen (secondary N) is 1. The van der Waals surface area contributed by atoms with Gasteiger partial charge in [-0.3, -0.25) is 9.00 Å². The maximum absolute atomic E-state index is 11.6. The van der Waals surface area contributed by atoms with Crippen LogP contribution >= 0.6 is 0 Å². The third kappa shape index (κ3) is 3.34. The Kier molecular flexibility index (Phi) is 4.49. The number of hydrogen-bond acceptors (Lipinski definition) is 3. The monoisotopic (exact) mass is 241 g/mol. The van der Waals surface area contributed by atoms with Crippen molar-refractivity contribution in [2.45, 2.75) is 12.2 Å². The highest BCUT2D eigenvalue weighted by Gasteiger charge is 2.12. The van der Waals surface area contributed by atoms with E-state index in [9.17, 15) is 14.1 Å². The summed E-state index contributed by atoms with van der Waals surface area (Å²) in [5.74, 6) is -0.402. The van der Waals surface area contributed by atoms with Crippen molar-refractivity contribution in [3.8, 4) is 5.75 Å². The third-order valence-electron chi connectivity index (χ3n) is 2.27. The average molecular weight is 241 g/mol. The van der Waals surface area contributed by atoms with E-state index in [0.29, 0.717) is 6.54 Å². The Morgan fingerprint density at radius 3 is 2.69 bits per heavy atom. The Morgan fingerprint density at radius 1 is 1.50 bits per heavy atom. The molecule has 0 heterocycles. The lowest BCUT2D eigenvalue weighted by atomic mass is 10.2. The number of carbonyl (C=O) groups excluding carboxylic acids is 1. The van der Waals surface area contributed by atoms with Gasteiger partial charge in [0.15, 0.2) is 0 Å². The molecule has 4 nitrogen and oxygen atoms in total. The van der Waals surface area contributed by atoms with Crippen LogP contribution in [0.15, 0.2) is 24.3 Å². The van der Waals surface area contributed by atoms with E-state index >= 15 is 0 Å². The Hall–Kier alpha value is -1.36. The summed E-state index contributed by atoms with van der Waals surface area (Å²) in [4.78, 5) is 11.6. The molecule has 2 unspecified atom stereocenters. The van der Waals surface area contributed by atoms with Crippen molar-refractivity contribution in [2.24, 2.45) is 0 Å². The van der Waals surface area contributed by atoms with Gasteiger partial charge in [-0.05, 0) is 19.1 Å². The molecule has 16 heavy (non-hydrogen) atoms. The van der Waals surface area contributed by atoms with Crippen LogP contribution in [0.2, 0.25) is 0 Å². The number of aromatic hydroxyl groups is 1. The molecule has 0 saturated carbocycles. The standard InChI is InChI=1S/C11H15NO3S/c1-8(16(2)15)7-12-11(14)9-5-3-4-6-10(9)13/h3-6,8,13H,7H2,1-2H3,(H,12,14). The molecule has 2 N–H and O–H groups in total. The first-order chi connectivity index (χ1) is 7.52. The number of carbonyl (C=O) groups is 1. The zero-order chi connectivity index (χ0) is 12.1. The lowest BCUT2D eigenvalue weighted by Crippen LogP contribution is -2.32. The molecule has 0 aromatic heterocycles. The molecule has 2 atom stereocenters. The van der Waals surface area contributed by atoms with Gasteiger partial charge in [0, 0.05) is 28.9 Å². The van der Waals surface area contributed by atoms with Gasteiger partial charge in [0.05, 0.1) is 5.56 Å². The average Bonchev–Trinajstić information content (AvgIpc) is 2.25. The fourth-order valence-electron chi connectivity index (χ4n) is 1.11. The molecule has 0 fully saturated rings. The molecule has 5 heteroatoms. The van der Waals surface area contributed by atoms with Crippen molar-refractivity contribution >= 4 is 16.7 Å². The zero-order valence-corrected chi connectivity index (χ0v) is 10.1. The first kappa shape index (κ1) is 12.7. The van der Waals surface area contributed by atoms with Crippen molar-refractivity contribution in [2.75, 3.05) is 12.8 Å². The van der Waals surface area contributed by atoms with Gasteiger partial charge in [-0.1, -0.05) is 12.1 Å². The Bertz CT molecular complexity index is 406. The van der Waals surface area contributed by atoms with E-state index < -0.39 is 10.8 Å². The molecule has 1 aromatic rings. The molecule has 0 aliphatic heterocycles. The number of hydrogen-bond donors (Lipinski definition) is 2. The van der Waals surface area contributed by atoms with Crippen LogP contribution in [0.4, 0.5) is 0 Å². The summed E-state index contributed by atoms with van der Waals surface area (Å²) < 4.78 is 11.1. The van der Waals surface area contributed by atoms with Gasteiger partial charge in [0.2, 0.25) is 0 Å². The number of amides is 1. The fraction of sp³-hybridized carbons (Fsp3) is 0.364. The van der Waals surface area contributed by atoms with E-state index in [1.54, 1.807) is 25.3 Å². The van der Waals surface area contributed by atoms with Crippen molar-refractivity contribution in [1.82, 2.24) is 5.32 Å². The number of phenols is 1. The predicted octanol–water partition coefficient (Wildman–Crippen LogP) is 0.889. The zero-order valence-electron chi connectivity index (χ0n) is 9.27. The lowest BCUT2D eigenvalue weighted by molar-refractivity contribution is 0.0951. The number of phenolic OH excluding ortho intramolecular Hbond substituents is 1. The minimum Gasteiger partial charge on any atom is -0.507 e. The van der Waals surface area contributed by atoms with E-state index in [0.717, 1.165) is 0 Å². The van der Waals surface area contributed by atoms with Gasteiger partial charge < -0.3 is 10.4 Å². The topological polar surface area (TPSA) is 66.4 Å². The Balaban J connectivity index is 2.60. The Labute approximate surface area is 97.1 Å². The molecule has 0 spiro atoms. The Morgan fingerprint density at radius 2 is 2.12 bits per heavy atom. The third-order valence-corrected chi connectivity index (χ3v) is 3.57. The summed E-state index contributed by atoms with van der Waals surface area (Å²) >= 11 is 0. The van der Waals surface area contributed by atoms with Gasteiger partial charge in [-0.25, -0.2) is 0 Å². The molecule has 1 aromatic carbocycles. The highest BCUT2D eigenvalue weighted by Crippen LogP contribution is 2.14. The summed E-state index contributed by atoms with van der Waals surface area (Å²) in [7, 11) is -0.966. The highest BCUT2D eigenvalue weighted by atomic mass is 32.2. The smallest absolute Gasteiger partial charge is 0.255 e. The van der Waals surface area contributed by atoms with Crippen molar-refractivity contribution in [3.05, 3.63) is 29.8 Å². The van der Waals surface area contributed by atoms with Crippen LogP contribution in [0.25, 0.3) is 0 Å². The summed E-state index contributed by atoms with van der Waals surface area (Å²) in [6, 6.07) is 6.32. The summed E-state index contributed by atoms with van der Waals surface area (Å²) in [5.41, 5.74) is 0.233. The minimum atomic E-state index is -0.966.